The summed E-state index contributed by atoms with van der Waals surface area (Å²) in [5.41, 5.74) is 3.33. The smallest absolute Gasteiger partial charge is 0.207 e. The first-order chi connectivity index (χ1) is 12.4. The van der Waals surface area contributed by atoms with E-state index < -0.39 is 11.7 Å². The van der Waals surface area contributed by atoms with E-state index in [1.165, 1.54) is 24.3 Å². The van der Waals surface area contributed by atoms with Crippen LogP contribution in [0.3, 0.4) is 0 Å². The number of rotatable bonds is 4. The summed E-state index contributed by atoms with van der Waals surface area (Å²) in [6.07, 6.45) is -2.25. The molecule has 0 radical (unpaired) electrons. The Morgan fingerprint density at radius 2 is 1.54 bits per heavy atom. The standard InChI is InChI=1S/C22H16F4/c1-2-16-9-12-19(23)14-21(16)20-6-4-3-5-17(20)13-15-7-10-18(11-8-15)22(24,25)26/h2-12,14H,1,13H2. The Labute approximate surface area is 149 Å². The van der Waals surface area contributed by atoms with Gasteiger partial charge in [-0.2, -0.15) is 13.2 Å². The zero-order valence-electron chi connectivity index (χ0n) is 13.9. The Bertz CT molecular complexity index is 922. The van der Waals surface area contributed by atoms with Crippen molar-refractivity contribution in [3.63, 3.8) is 0 Å². The van der Waals surface area contributed by atoms with E-state index in [1.807, 2.05) is 24.3 Å². The average Bonchev–Trinajstić information content (AvgIpc) is 2.62. The van der Waals surface area contributed by atoms with Crippen LogP contribution in [0.1, 0.15) is 22.3 Å². The fraction of sp³-hybridized carbons (Fsp3) is 0.0909. The zero-order chi connectivity index (χ0) is 18.7. The van der Waals surface area contributed by atoms with Gasteiger partial charge in [-0.15, -0.1) is 0 Å². The summed E-state index contributed by atoms with van der Waals surface area (Å²) in [5, 5.41) is 0. The third-order valence-corrected chi connectivity index (χ3v) is 4.22. The van der Waals surface area contributed by atoms with Gasteiger partial charge in [0, 0.05) is 0 Å². The maximum atomic E-state index is 13.7. The highest BCUT2D eigenvalue weighted by Gasteiger charge is 2.29. The number of hydrogen-bond acceptors (Lipinski definition) is 0. The lowest BCUT2D eigenvalue weighted by Gasteiger charge is -2.13. The molecule has 3 aromatic carbocycles. The van der Waals surface area contributed by atoms with Crippen molar-refractivity contribution in [2.75, 3.05) is 0 Å². The fourth-order valence-electron chi connectivity index (χ4n) is 2.91. The van der Waals surface area contributed by atoms with Crippen LogP contribution in [0.2, 0.25) is 0 Å². The van der Waals surface area contributed by atoms with Gasteiger partial charge in [0.1, 0.15) is 5.82 Å². The van der Waals surface area contributed by atoms with E-state index in [4.69, 9.17) is 0 Å². The van der Waals surface area contributed by atoms with Gasteiger partial charge in [0.2, 0.25) is 0 Å². The van der Waals surface area contributed by atoms with Gasteiger partial charge in [0.25, 0.3) is 0 Å². The van der Waals surface area contributed by atoms with Crippen molar-refractivity contribution in [2.45, 2.75) is 12.6 Å². The summed E-state index contributed by atoms with van der Waals surface area (Å²) in [7, 11) is 0. The summed E-state index contributed by atoms with van der Waals surface area (Å²) in [6.45, 7) is 3.76. The monoisotopic (exact) mass is 356 g/mol. The molecule has 3 aromatic rings. The van der Waals surface area contributed by atoms with Gasteiger partial charge in [-0.3, -0.25) is 0 Å². The summed E-state index contributed by atoms with van der Waals surface area (Å²) in [6, 6.07) is 17.1. The van der Waals surface area contributed by atoms with Crippen LogP contribution in [0.5, 0.6) is 0 Å². The van der Waals surface area contributed by atoms with E-state index in [2.05, 4.69) is 6.58 Å². The highest BCUT2D eigenvalue weighted by molar-refractivity contribution is 5.77. The molecule has 0 nitrogen and oxygen atoms in total. The minimum atomic E-state index is -4.35. The van der Waals surface area contributed by atoms with Gasteiger partial charge < -0.3 is 0 Å². The summed E-state index contributed by atoms with van der Waals surface area (Å²) in [4.78, 5) is 0. The van der Waals surface area contributed by atoms with Crippen LogP contribution in [0.25, 0.3) is 17.2 Å². The minimum Gasteiger partial charge on any atom is -0.207 e. The predicted molar refractivity (Wildman–Crippen MR) is 96.2 cm³/mol. The van der Waals surface area contributed by atoms with Crippen molar-refractivity contribution < 1.29 is 17.6 Å². The van der Waals surface area contributed by atoms with Crippen LogP contribution in [0.15, 0.2) is 73.3 Å². The van der Waals surface area contributed by atoms with Gasteiger partial charge in [-0.05, 0) is 58.5 Å². The zero-order valence-corrected chi connectivity index (χ0v) is 13.9. The van der Waals surface area contributed by atoms with E-state index >= 15 is 0 Å². The maximum absolute atomic E-state index is 13.7. The summed E-state index contributed by atoms with van der Waals surface area (Å²) >= 11 is 0. The highest BCUT2D eigenvalue weighted by atomic mass is 19.4. The van der Waals surface area contributed by atoms with Crippen LogP contribution in [-0.2, 0) is 12.6 Å². The second-order valence-electron chi connectivity index (χ2n) is 5.96. The third kappa shape index (κ3) is 3.85. The quantitative estimate of drug-likeness (QED) is 0.454. The lowest BCUT2D eigenvalue weighted by atomic mass is 9.92. The Kier molecular flexibility index (Phi) is 4.94. The first-order valence-electron chi connectivity index (χ1n) is 8.05. The molecule has 0 heterocycles. The van der Waals surface area contributed by atoms with Gasteiger partial charge in [-0.1, -0.05) is 55.1 Å². The molecule has 0 unspecified atom stereocenters. The topological polar surface area (TPSA) is 0 Å². The number of hydrogen-bond donors (Lipinski definition) is 0. The summed E-state index contributed by atoms with van der Waals surface area (Å²) in [5.74, 6) is -0.352. The molecule has 26 heavy (non-hydrogen) atoms. The fourth-order valence-corrected chi connectivity index (χ4v) is 2.91. The van der Waals surface area contributed by atoms with Crippen LogP contribution in [-0.4, -0.2) is 0 Å². The third-order valence-electron chi connectivity index (χ3n) is 4.22. The lowest BCUT2D eigenvalue weighted by Crippen LogP contribution is -2.04. The molecule has 0 aliphatic heterocycles. The van der Waals surface area contributed by atoms with Crippen molar-refractivity contribution in [1.29, 1.82) is 0 Å². The number of benzene rings is 3. The first-order valence-corrected chi connectivity index (χ1v) is 8.05. The van der Waals surface area contributed by atoms with E-state index in [9.17, 15) is 17.6 Å². The van der Waals surface area contributed by atoms with Gasteiger partial charge in [0.15, 0.2) is 0 Å². The van der Waals surface area contributed by atoms with Crippen molar-refractivity contribution in [3.05, 3.63) is 101 Å². The largest absolute Gasteiger partial charge is 0.416 e. The molecule has 0 amide bonds. The van der Waals surface area contributed by atoms with Gasteiger partial charge in [-0.25, -0.2) is 4.39 Å². The molecule has 0 bridgehead atoms. The lowest BCUT2D eigenvalue weighted by molar-refractivity contribution is -0.137. The van der Waals surface area contributed by atoms with Gasteiger partial charge >= 0.3 is 6.18 Å². The molecule has 0 saturated heterocycles. The molecule has 3 rings (SSSR count). The van der Waals surface area contributed by atoms with E-state index in [-0.39, 0.29) is 5.82 Å². The van der Waals surface area contributed by atoms with Crippen LogP contribution in [0.4, 0.5) is 17.6 Å². The van der Waals surface area contributed by atoms with Crippen molar-refractivity contribution in [2.24, 2.45) is 0 Å². The number of alkyl halides is 3. The maximum Gasteiger partial charge on any atom is 0.416 e. The number of halogens is 4. The molecule has 0 fully saturated rings. The molecule has 0 aliphatic carbocycles. The molecule has 0 atom stereocenters. The molecule has 0 saturated carbocycles. The Morgan fingerprint density at radius 3 is 2.19 bits per heavy atom. The van der Waals surface area contributed by atoms with E-state index in [0.29, 0.717) is 12.0 Å². The predicted octanol–water partition coefficient (Wildman–Crippen LogP) is 6.75. The first kappa shape index (κ1) is 17.9. The second kappa shape index (κ2) is 7.16. The highest BCUT2D eigenvalue weighted by Crippen LogP contribution is 2.32. The van der Waals surface area contributed by atoms with Crippen molar-refractivity contribution >= 4 is 6.08 Å². The summed E-state index contributed by atoms with van der Waals surface area (Å²) < 4.78 is 51.9. The molecular formula is C22H16F4. The molecule has 0 spiro atoms. The molecule has 0 aliphatic rings. The Morgan fingerprint density at radius 1 is 0.846 bits per heavy atom. The van der Waals surface area contributed by atoms with Crippen LogP contribution < -0.4 is 0 Å². The minimum absolute atomic E-state index is 0.352. The molecular weight excluding hydrogens is 340 g/mol. The van der Waals surface area contributed by atoms with Crippen LogP contribution in [0, 0.1) is 5.82 Å². The van der Waals surface area contributed by atoms with Crippen LogP contribution >= 0.6 is 0 Å². The molecule has 0 N–H and O–H groups in total. The SMILES string of the molecule is C=Cc1ccc(F)cc1-c1ccccc1Cc1ccc(C(F)(F)F)cc1. The van der Waals surface area contributed by atoms with E-state index in [0.717, 1.165) is 34.4 Å². The molecule has 4 heteroatoms. The van der Waals surface area contributed by atoms with E-state index in [1.54, 1.807) is 12.1 Å². The average molecular weight is 356 g/mol. The van der Waals surface area contributed by atoms with Crippen molar-refractivity contribution in [3.8, 4) is 11.1 Å². The Balaban J connectivity index is 1.98. The molecule has 132 valence electrons. The second-order valence-corrected chi connectivity index (χ2v) is 5.96. The normalized spacial score (nSPS) is 11.4. The molecule has 0 aromatic heterocycles. The van der Waals surface area contributed by atoms with Gasteiger partial charge in [0.05, 0.1) is 5.56 Å². The van der Waals surface area contributed by atoms with Crippen molar-refractivity contribution in [1.82, 2.24) is 0 Å². The Hall–Kier alpha value is -2.88.